The molecule has 4 rings (SSSR count). The van der Waals surface area contributed by atoms with Crippen LogP contribution in [0.1, 0.15) is 17.3 Å². The molecule has 6 nitrogen and oxygen atoms in total. The SMILES string of the molecule is COc1cccc(-n2ccn(CN3CCN(c4ccc(C(C)=O)cc4)CC3)c2=S)c1. The molecule has 2 aromatic carbocycles. The van der Waals surface area contributed by atoms with Crippen LogP contribution >= 0.6 is 12.2 Å². The van der Waals surface area contributed by atoms with Crippen molar-refractivity contribution in [2.24, 2.45) is 0 Å². The number of aromatic nitrogens is 2. The van der Waals surface area contributed by atoms with Crippen LogP contribution in [0.4, 0.5) is 5.69 Å². The molecule has 0 amide bonds. The largest absolute Gasteiger partial charge is 0.497 e. The van der Waals surface area contributed by atoms with Crippen molar-refractivity contribution in [3.63, 3.8) is 0 Å². The Kier molecular flexibility index (Phi) is 6.01. The van der Waals surface area contributed by atoms with Crippen LogP contribution in [0, 0.1) is 4.77 Å². The number of methoxy groups -OCH3 is 1. The third-order valence-electron chi connectivity index (χ3n) is 5.54. The summed E-state index contributed by atoms with van der Waals surface area (Å²) in [5.74, 6) is 0.915. The molecular weight excluding hydrogens is 396 g/mol. The Hall–Kier alpha value is -2.90. The van der Waals surface area contributed by atoms with E-state index >= 15 is 0 Å². The second-order valence-corrected chi connectivity index (χ2v) is 7.84. The smallest absolute Gasteiger partial charge is 0.185 e. The van der Waals surface area contributed by atoms with E-state index in [1.54, 1.807) is 14.0 Å². The molecule has 1 saturated heterocycles. The van der Waals surface area contributed by atoms with Crippen LogP contribution in [-0.4, -0.2) is 53.1 Å². The third kappa shape index (κ3) is 4.32. The number of hydrogen-bond acceptors (Lipinski definition) is 5. The van der Waals surface area contributed by atoms with Crippen molar-refractivity contribution in [2.75, 3.05) is 38.2 Å². The van der Waals surface area contributed by atoms with Crippen molar-refractivity contribution in [3.8, 4) is 11.4 Å². The van der Waals surface area contributed by atoms with Crippen molar-refractivity contribution in [1.29, 1.82) is 0 Å². The molecular formula is C23H26N4O2S. The molecule has 1 aromatic heterocycles. The second-order valence-electron chi connectivity index (χ2n) is 7.47. The van der Waals surface area contributed by atoms with Crippen molar-refractivity contribution in [3.05, 3.63) is 71.3 Å². The molecule has 2 heterocycles. The number of Topliss-reactive ketones (excluding diaryl/α,β-unsaturated/α-hetero) is 1. The normalized spacial score (nSPS) is 14.7. The lowest BCUT2D eigenvalue weighted by Gasteiger charge is -2.36. The fourth-order valence-electron chi connectivity index (χ4n) is 3.75. The van der Waals surface area contributed by atoms with Gasteiger partial charge >= 0.3 is 0 Å². The number of carbonyl (C=O) groups excluding carboxylic acids is 1. The van der Waals surface area contributed by atoms with Crippen LogP contribution in [0.2, 0.25) is 0 Å². The number of ketones is 1. The Morgan fingerprint density at radius 2 is 1.73 bits per heavy atom. The molecule has 1 fully saturated rings. The van der Waals surface area contributed by atoms with E-state index in [0.29, 0.717) is 0 Å². The van der Waals surface area contributed by atoms with Crippen LogP contribution in [0.25, 0.3) is 5.69 Å². The average Bonchev–Trinajstić information content (AvgIpc) is 3.14. The lowest BCUT2D eigenvalue weighted by molar-refractivity contribution is 0.101. The summed E-state index contributed by atoms with van der Waals surface area (Å²) in [5, 5.41) is 0. The van der Waals surface area contributed by atoms with Gasteiger partial charge in [0.25, 0.3) is 0 Å². The number of carbonyl (C=O) groups is 1. The van der Waals surface area contributed by atoms with E-state index in [1.165, 1.54) is 5.69 Å². The molecule has 0 saturated carbocycles. The van der Waals surface area contributed by atoms with E-state index < -0.39 is 0 Å². The zero-order chi connectivity index (χ0) is 21.1. The Morgan fingerprint density at radius 1 is 1.00 bits per heavy atom. The predicted octanol–water partition coefficient (Wildman–Crippen LogP) is 4.00. The van der Waals surface area contributed by atoms with Gasteiger partial charge in [0.1, 0.15) is 5.75 Å². The van der Waals surface area contributed by atoms with Crippen LogP contribution < -0.4 is 9.64 Å². The van der Waals surface area contributed by atoms with Crippen molar-refractivity contribution < 1.29 is 9.53 Å². The number of nitrogens with zero attached hydrogens (tertiary/aromatic N) is 4. The zero-order valence-corrected chi connectivity index (χ0v) is 18.1. The summed E-state index contributed by atoms with van der Waals surface area (Å²) >= 11 is 5.71. The van der Waals surface area contributed by atoms with Crippen LogP contribution in [-0.2, 0) is 6.67 Å². The molecule has 30 heavy (non-hydrogen) atoms. The van der Waals surface area contributed by atoms with Gasteiger partial charge in [0.15, 0.2) is 10.6 Å². The predicted molar refractivity (Wildman–Crippen MR) is 121 cm³/mol. The van der Waals surface area contributed by atoms with Crippen molar-refractivity contribution in [1.82, 2.24) is 14.0 Å². The number of anilines is 1. The van der Waals surface area contributed by atoms with E-state index in [4.69, 9.17) is 17.0 Å². The Labute approximate surface area is 181 Å². The van der Waals surface area contributed by atoms with E-state index in [2.05, 4.69) is 14.4 Å². The average molecular weight is 423 g/mol. The van der Waals surface area contributed by atoms with E-state index in [9.17, 15) is 4.79 Å². The van der Waals surface area contributed by atoms with Gasteiger partial charge in [0.05, 0.1) is 19.5 Å². The molecule has 0 spiro atoms. The summed E-state index contributed by atoms with van der Waals surface area (Å²) in [7, 11) is 1.67. The number of imidazole rings is 1. The topological polar surface area (TPSA) is 42.6 Å². The summed E-state index contributed by atoms with van der Waals surface area (Å²) in [6.07, 6.45) is 4.04. The Morgan fingerprint density at radius 3 is 2.40 bits per heavy atom. The number of hydrogen-bond donors (Lipinski definition) is 0. The summed E-state index contributed by atoms with van der Waals surface area (Å²) in [5.41, 5.74) is 2.92. The first-order valence-corrected chi connectivity index (χ1v) is 10.5. The van der Waals surface area contributed by atoms with E-state index in [0.717, 1.165) is 54.6 Å². The van der Waals surface area contributed by atoms with Crippen LogP contribution in [0.5, 0.6) is 5.75 Å². The quantitative estimate of drug-likeness (QED) is 0.444. The molecule has 0 bridgehead atoms. The summed E-state index contributed by atoms with van der Waals surface area (Å²) < 4.78 is 10.2. The monoisotopic (exact) mass is 422 g/mol. The third-order valence-corrected chi connectivity index (χ3v) is 5.97. The van der Waals surface area contributed by atoms with Crippen molar-refractivity contribution >= 4 is 23.7 Å². The molecule has 0 N–H and O–H groups in total. The lowest BCUT2D eigenvalue weighted by atomic mass is 10.1. The van der Waals surface area contributed by atoms with Crippen LogP contribution in [0.3, 0.4) is 0 Å². The van der Waals surface area contributed by atoms with Gasteiger partial charge in [-0.15, -0.1) is 0 Å². The van der Waals surface area contributed by atoms with Gasteiger partial charge in [0, 0.05) is 55.9 Å². The highest BCUT2D eigenvalue weighted by atomic mass is 32.1. The first-order valence-electron chi connectivity index (χ1n) is 10.1. The van der Waals surface area contributed by atoms with E-state index in [-0.39, 0.29) is 5.78 Å². The first-order chi connectivity index (χ1) is 14.5. The number of piperazine rings is 1. The molecule has 7 heteroatoms. The highest BCUT2D eigenvalue weighted by Crippen LogP contribution is 2.19. The van der Waals surface area contributed by atoms with Gasteiger partial charge in [-0.05, 0) is 55.5 Å². The van der Waals surface area contributed by atoms with Gasteiger partial charge in [0.2, 0.25) is 0 Å². The van der Waals surface area contributed by atoms with E-state index in [1.807, 2.05) is 65.5 Å². The highest BCUT2D eigenvalue weighted by Gasteiger charge is 2.18. The number of rotatable bonds is 6. The highest BCUT2D eigenvalue weighted by molar-refractivity contribution is 7.71. The maximum atomic E-state index is 11.5. The second kappa shape index (κ2) is 8.85. The zero-order valence-electron chi connectivity index (χ0n) is 17.3. The summed E-state index contributed by atoms with van der Waals surface area (Å²) in [4.78, 5) is 16.2. The molecule has 0 unspecified atom stereocenters. The molecule has 0 atom stereocenters. The first kappa shape index (κ1) is 20.4. The Balaban J connectivity index is 1.39. The summed E-state index contributed by atoms with van der Waals surface area (Å²) in [6.45, 7) is 6.18. The molecule has 3 aromatic rings. The minimum absolute atomic E-state index is 0.101. The van der Waals surface area contributed by atoms with Gasteiger partial charge in [-0.3, -0.25) is 14.3 Å². The maximum absolute atomic E-state index is 11.5. The number of ether oxygens (including phenoxy) is 1. The van der Waals surface area contributed by atoms with Gasteiger partial charge in [-0.2, -0.15) is 0 Å². The van der Waals surface area contributed by atoms with Gasteiger partial charge < -0.3 is 14.2 Å². The molecule has 1 aliphatic rings. The lowest BCUT2D eigenvalue weighted by Crippen LogP contribution is -2.46. The molecule has 1 aliphatic heterocycles. The fourth-order valence-corrected chi connectivity index (χ4v) is 4.03. The molecule has 0 radical (unpaired) electrons. The Bertz CT molecular complexity index is 1080. The minimum Gasteiger partial charge on any atom is -0.497 e. The minimum atomic E-state index is 0.101. The maximum Gasteiger partial charge on any atom is 0.185 e. The van der Waals surface area contributed by atoms with Gasteiger partial charge in [-0.1, -0.05) is 6.07 Å². The summed E-state index contributed by atoms with van der Waals surface area (Å²) in [6, 6.07) is 15.8. The fraction of sp³-hybridized carbons (Fsp3) is 0.304. The standard InChI is InChI=1S/C23H26N4O2S/c1-18(28)19-6-8-20(9-7-19)25-12-10-24(11-13-25)17-26-14-15-27(23(26)30)21-4-3-5-22(16-21)29-2/h3-9,14-16H,10-13,17H2,1-2H3. The van der Waals surface area contributed by atoms with Gasteiger partial charge in [-0.25, -0.2) is 0 Å². The molecule has 0 aliphatic carbocycles. The molecule has 156 valence electrons. The number of benzene rings is 2. The van der Waals surface area contributed by atoms with Crippen molar-refractivity contribution in [2.45, 2.75) is 13.6 Å². The van der Waals surface area contributed by atoms with Crippen LogP contribution in [0.15, 0.2) is 60.9 Å².